The average Bonchev–Trinajstić information content (AvgIpc) is 2.63. The van der Waals surface area contributed by atoms with Crippen LogP contribution in [0, 0.1) is 11.8 Å². The number of primary amides is 1. The van der Waals surface area contributed by atoms with Crippen molar-refractivity contribution < 1.29 is 63.3 Å². The van der Waals surface area contributed by atoms with Gasteiger partial charge < -0.3 is 54.6 Å². The van der Waals surface area contributed by atoms with Crippen molar-refractivity contribution in [1.82, 2.24) is 0 Å². The Morgan fingerprint density at radius 1 is 1.16 bits per heavy atom. The van der Waals surface area contributed by atoms with E-state index in [1.807, 2.05) is 0 Å². The molecule has 1 aromatic carbocycles. The smallest absolute Gasteiger partial charge is 0.256 e. The highest BCUT2D eigenvalue weighted by molar-refractivity contribution is 6.24. The van der Waals surface area contributed by atoms with Crippen molar-refractivity contribution in [3.8, 4) is 5.75 Å². The summed E-state index contributed by atoms with van der Waals surface area (Å²) in [5.41, 5.74) is 2.50. The second kappa shape index (κ2) is 7.56. The number of nitrogens with two attached hydrogens (primary N) is 1. The zero-order chi connectivity index (χ0) is 23.0. The van der Waals surface area contributed by atoms with E-state index in [0.29, 0.717) is 12.0 Å². The van der Waals surface area contributed by atoms with Gasteiger partial charge in [0.05, 0.1) is 32.6 Å². The highest BCUT2D eigenvalue weighted by Crippen LogP contribution is 2.52. The standard InChI is InChI=1S/C22H24N2O7.HI/c1-24(2,3)16-11-8-10-7-9-5-4-6-12(25)13(9)17(26)14(10)19(28)22(11,31)20(29)15(18(16)27)21(23)30;/h4-6,10-11,16,31H,7-8H2,1-3H3,(H4-,23,25,26,27,28,29,30);1H/t10?,11-,16-,22-;/m0./s1. The lowest BCUT2D eigenvalue weighted by Gasteiger charge is -2.51. The van der Waals surface area contributed by atoms with Gasteiger partial charge in [0.2, 0.25) is 11.6 Å². The summed E-state index contributed by atoms with van der Waals surface area (Å²) in [6, 6.07) is 3.69. The van der Waals surface area contributed by atoms with E-state index >= 15 is 0 Å². The van der Waals surface area contributed by atoms with Crippen LogP contribution in [0.15, 0.2) is 35.1 Å². The number of quaternary nitrogens is 1. The molecule has 0 bridgehead atoms. The number of aromatic hydroxyl groups is 1. The third-order valence-electron chi connectivity index (χ3n) is 6.74. The molecule has 6 N–H and O–H groups in total. The van der Waals surface area contributed by atoms with Gasteiger partial charge in [-0.05, 0) is 30.4 Å². The number of likely N-dealkylation sites (N-methyl/N-ethyl adjacent to an activating group) is 1. The zero-order valence-corrected chi connectivity index (χ0v) is 20.0. The number of amides is 1. The van der Waals surface area contributed by atoms with Crippen LogP contribution in [0.2, 0.25) is 0 Å². The van der Waals surface area contributed by atoms with E-state index in [0.717, 1.165) is 0 Å². The molecule has 0 saturated heterocycles. The van der Waals surface area contributed by atoms with Gasteiger partial charge in [-0.2, -0.15) is 0 Å². The van der Waals surface area contributed by atoms with E-state index in [-0.39, 0.29) is 51.8 Å². The number of ketones is 2. The minimum atomic E-state index is -2.60. The van der Waals surface area contributed by atoms with Crippen molar-refractivity contribution in [1.29, 1.82) is 0 Å². The van der Waals surface area contributed by atoms with Gasteiger partial charge in [-0.1, -0.05) is 12.1 Å². The third-order valence-corrected chi connectivity index (χ3v) is 6.74. The summed E-state index contributed by atoms with van der Waals surface area (Å²) in [5, 5.41) is 43.4. The molecule has 0 spiro atoms. The lowest BCUT2D eigenvalue weighted by molar-refractivity contribution is -0.891. The Bertz CT molecular complexity index is 1120. The van der Waals surface area contributed by atoms with E-state index in [2.05, 4.69) is 0 Å². The van der Waals surface area contributed by atoms with Gasteiger partial charge in [-0.3, -0.25) is 14.4 Å². The third kappa shape index (κ3) is 3.07. The number of rotatable bonds is 2. The van der Waals surface area contributed by atoms with Crippen LogP contribution in [0.5, 0.6) is 5.75 Å². The van der Waals surface area contributed by atoms with Crippen LogP contribution in [-0.2, 0) is 20.8 Å². The summed E-state index contributed by atoms with van der Waals surface area (Å²) in [6.07, 6.45) is 0.394. The number of hydrogen-bond donors (Lipinski definition) is 5. The Kier molecular flexibility index (Phi) is 5.72. The summed E-state index contributed by atoms with van der Waals surface area (Å²) < 4.78 is -0.0156. The SMILES string of the molecule is C[N+](C)(C)[C@@H]1C(=O)C(C(N)=O)=C(O)[C@@]2(O)C(=O)C3=C(O)c4c(O)cccc4CC3C[C@@H]12.[I-]. The molecule has 0 radical (unpaired) electrons. The number of nitrogens with zero attached hydrogens (tertiary/aromatic N) is 1. The lowest BCUT2D eigenvalue weighted by atomic mass is 9.57. The van der Waals surface area contributed by atoms with Crippen molar-refractivity contribution >= 4 is 23.2 Å². The molecule has 9 nitrogen and oxygen atoms in total. The molecule has 0 aromatic heterocycles. The number of aliphatic hydroxyl groups excluding tert-OH is 2. The maximum Gasteiger partial charge on any atom is 0.256 e. The molecule has 4 atom stereocenters. The van der Waals surface area contributed by atoms with Crippen LogP contribution in [-0.4, -0.2) is 75.2 Å². The normalized spacial score (nSPS) is 29.7. The molecule has 0 aliphatic heterocycles. The molecular formula is C22H25IN2O7. The molecule has 1 aromatic rings. The van der Waals surface area contributed by atoms with E-state index < -0.39 is 58.0 Å². The Balaban J connectivity index is 0.00000289. The number of aliphatic hydroxyl groups is 3. The van der Waals surface area contributed by atoms with Crippen LogP contribution < -0.4 is 29.7 Å². The molecule has 3 aliphatic carbocycles. The van der Waals surface area contributed by atoms with E-state index in [1.165, 1.54) is 6.07 Å². The van der Waals surface area contributed by atoms with Crippen molar-refractivity contribution in [2.75, 3.05) is 21.1 Å². The molecule has 0 heterocycles. The highest BCUT2D eigenvalue weighted by Gasteiger charge is 2.66. The largest absolute Gasteiger partial charge is 1.00 e. The van der Waals surface area contributed by atoms with Gasteiger partial charge in [0, 0.05) is 5.57 Å². The fraction of sp³-hybridized carbons (Fsp3) is 0.409. The Morgan fingerprint density at radius 2 is 1.78 bits per heavy atom. The number of fused-ring (bicyclic) bond motifs is 3. The Hall–Kier alpha value is -2.44. The van der Waals surface area contributed by atoms with Crippen LogP contribution in [0.3, 0.4) is 0 Å². The number of Topliss-reactive ketones (excluding diaryl/α,β-unsaturated/α-hetero) is 2. The molecule has 10 heteroatoms. The molecule has 1 unspecified atom stereocenters. The fourth-order valence-electron chi connectivity index (χ4n) is 5.48. The highest BCUT2D eigenvalue weighted by atomic mass is 127. The predicted octanol–water partition coefficient (Wildman–Crippen LogP) is -2.89. The summed E-state index contributed by atoms with van der Waals surface area (Å²) in [7, 11) is 5.06. The zero-order valence-electron chi connectivity index (χ0n) is 17.8. The van der Waals surface area contributed by atoms with Gasteiger partial charge in [-0.15, -0.1) is 0 Å². The Morgan fingerprint density at radius 3 is 2.34 bits per heavy atom. The second-order valence-corrected chi connectivity index (χ2v) is 9.43. The predicted molar refractivity (Wildman–Crippen MR) is 109 cm³/mol. The summed E-state index contributed by atoms with van der Waals surface area (Å²) in [5.74, 6) is -6.34. The maximum atomic E-state index is 13.6. The Labute approximate surface area is 201 Å². The minimum absolute atomic E-state index is 0. The number of phenolic OH excluding ortho intramolecular Hbond substituents is 1. The number of carbonyl (C=O) groups is 3. The minimum Gasteiger partial charge on any atom is -1.00 e. The maximum absolute atomic E-state index is 13.6. The topological polar surface area (TPSA) is 158 Å². The van der Waals surface area contributed by atoms with Gasteiger partial charge in [0.15, 0.2) is 11.6 Å². The monoisotopic (exact) mass is 556 g/mol. The van der Waals surface area contributed by atoms with Crippen LogP contribution in [0.1, 0.15) is 17.5 Å². The number of carbonyl (C=O) groups excluding carboxylic acids is 3. The van der Waals surface area contributed by atoms with Crippen molar-refractivity contribution in [2.45, 2.75) is 24.5 Å². The molecule has 172 valence electrons. The summed E-state index contributed by atoms with van der Waals surface area (Å²) in [6.45, 7) is 0. The second-order valence-electron chi connectivity index (χ2n) is 9.43. The molecule has 1 saturated carbocycles. The summed E-state index contributed by atoms with van der Waals surface area (Å²) in [4.78, 5) is 38.7. The molecule has 32 heavy (non-hydrogen) atoms. The lowest BCUT2D eigenvalue weighted by Crippen LogP contribution is -3.00. The van der Waals surface area contributed by atoms with E-state index in [4.69, 9.17) is 5.73 Å². The summed E-state index contributed by atoms with van der Waals surface area (Å²) >= 11 is 0. The first-order valence-electron chi connectivity index (χ1n) is 9.92. The van der Waals surface area contributed by atoms with Gasteiger partial charge >= 0.3 is 0 Å². The number of benzene rings is 1. The van der Waals surface area contributed by atoms with Crippen molar-refractivity contribution in [3.63, 3.8) is 0 Å². The van der Waals surface area contributed by atoms with Gasteiger partial charge in [0.25, 0.3) is 5.91 Å². The quantitative estimate of drug-likeness (QED) is 0.149. The van der Waals surface area contributed by atoms with Crippen LogP contribution >= 0.6 is 0 Å². The van der Waals surface area contributed by atoms with E-state index in [9.17, 15) is 34.8 Å². The van der Waals surface area contributed by atoms with Gasteiger partial charge in [0.1, 0.15) is 22.8 Å². The van der Waals surface area contributed by atoms with Crippen LogP contribution in [0.25, 0.3) is 5.76 Å². The molecule has 1 amide bonds. The number of halogens is 1. The van der Waals surface area contributed by atoms with Crippen molar-refractivity contribution in [3.05, 3.63) is 46.2 Å². The average molecular weight is 556 g/mol. The molecular weight excluding hydrogens is 531 g/mol. The number of phenols is 1. The van der Waals surface area contributed by atoms with Crippen LogP contribution in [0.4, 0.5) is 0 Å². The fourth-order valence-corrected chi connectivity index (χ4v) is 5.48. The van der Waals surface area contributed by atoms with Crippen molar-refractivity contribution in [2.24, 2.45) is 17.6 Å². The van der Waals surface area contributed by atoms with E-state index in [1.54, 1.807) is 33.3 Å². The molecule has 4 rings (SSSR count). The molecule has 3 aliphatic rings. The first-order valence-corrected chi connectivity index (χ1v) is 9.92. The first-order chi connectivity index (χ1) is 14.3. The number of hydrogen-bond acceptors (Lipinski definition) is 7. The molecule has 1 fully saturated rings. The van der Waals surface area contributed by atoms with Gasteiger partial charge in [-0.25, -0.2) is 0 Å². The first kappa shape index (κ1) is 24.2.